The van der Waals surface area contributed by atoms with Crippen LogP contribution in [0.1, 0.15) is 45.2 Å². The summed E-state index contributed by atoms with van der Waals surface area (Å²) in [6.07, 6.45) is -5.88. The van der Waals surface area contributed by atoms with E-state index >= 15 is 0 Å². The summed E-state index contributed by atoms with van der Waals surface area (Å²) in [5.41, 5.74) is -2.79. The molecule has 1 aromatic rings. The smallest absolute Gasteiger partial charge is 0.376 e. The third-order valence-corrected chi connectivity index (χ3v) is 3.20. The zero-order valence-corrected chi connectivity index (χ0v) is 12.0. The van der Waals surface area contributed by atoms with Crippen molar-refractivity contribution in [3.8, 4) is 0 Å². The predicted molar refractivity (Wildman–Crippen MR) is 70.4 cm³/mol. The lowest BCUT2D eigenvalue weighted by Crippen LogP contribution is -2.43. The summed E-state index contributed by atoms with van der Waals surface area (Å²) in [5.74, 6) is -0.718. The highest BCUT2D eigenvalue weighted by atomic mass is 19.4. The van der Waals surface area contributed by atoms with Gasteiger partial charge in [-0.2, -0.15) is 13.2 Å². The minimum Gasteiger partial charge on any atom is -0.376 e. The summed E-state index contributed by atoms with van der Waals surface area (Å²) < 4.78 is 39.2. The number of hydrogen-bond acceptors (Lipinski definition) is 2. The average molecular weight is 288 g/mol. The Bertz CT molecular complexity index is 483. The fourth-order valence-electron chi connectivity index (χ4n) is 1.97. The molecule has 0 spiro atoms. The lowest BCUT2D eigenvalue weighted by Gasteiger charge is -2.30. The molecule has 1 aromatic carbocycles. The number of Topliss-reactive ketones (excluding diaryl/α,β-unsaturated/α-hetero) is 1. The number of benzene rings is 1. The van der Waals surface area contributed by atoms with Crippen molar-refractivity contribution >= 4 is 5.78 Å². The highest BCUT2D eigenvalue weighted by Crippen LogP contribution is 2.42. The van der Waals surface area contributed by atoms with Gasteiger partial charge in [0.15, 0.2) is 5.60 Å². The second kappa shape index (κ2) is 5.20. The molecule has 0 heterocycles. The molecular weight excluding hydrogens is 269 g/mol. The number of ketones is 1. The Morgan fingerprint density at radius 1 is 1.05 bits per heavy atom. The van der Waals surface area contributed by atoms with Crippen LogP contribution in [0.3, 0.4) is 0 Å². The van der Waals surface area contributed by atoms with Gasteiger partial charge in [-0.3, -0.25) is 4.79 Å². The van der Waals surface area contributed by atoms with Crippen LogP contribution in [0.4, 0.5) is 13.2 Å². The zero-order chi connectivity index (χ0) is 15.8. The van der Waals surface area contributed by atoms with E-state index in [9.17, 15) is 23.1 Å². The topological polar surface area (TPSA) is 37.3 Å². The van der Waals surface area contributed by atoms with Crippen LogP contribution in [0.5, 0.6) is 0 Å². The van der Waals surface area contributed by atoms with Crippen molar-refractivity contribution in [2.75, 3.05) is 0 Å². The molecule has 2 nitrogen and oxygen atoms in total. The van der Waals surface area contributed by atoms with E-state index in [-0.39, 0.29) is 11.0 Å². The molecule has 0 radical (unpaired) electrons. The lowest BCUT2D eigenvalue weighted by atomic mass is 9.83. The van der Waals surface area contributed by atoms with Crippen molar-refractivity contribution in [1.29, 1.82) is 0 Å². The van der Waals surface area contributed by atoms with Crippen LogP contribution in [-0.2, 0) is 15.8 Å². The van der Waals surface area contributed by atoms with E-state index in [1.165, 1.54) is 12.1 Å². The molecule has 1 atom stereocenters. The maximum atomic E-state index is 13.1. The lowest BCUT2D eigenvalue weighted by molar-refractivity contribution is -0.267. The third kappa shape index (κ3) is 3.39. The Labute approximate surface area is 116 Å². The van der Waals surface area contributed by atoms with Crippen LogP contribution in [0.2, 0.25) is 0 Å². The molecule has 1 rings (SSSR count). The normalized spacial score (nSPS) is 15.8. The minimum atomic E-state index is -4.90. The van der Waals surface area contributed by atoms with Gasteiger partial charge in [0.1, 0.15) is 5.78 Å². The predicted octanol–water partition coefficient (Wildman–Crippen LogP) is 3.71. The molecule has 112 valence electrons. The largest absolute Gasteiger partial charge is 0.421 e. The minimum absolute atomic E-state index is 0.199. The summed E-state index contributed by atoms with van der Waals surface area (Å²) in [7, 11) is 0. The molecule has 0 aliphatic carbocycles. The van der Waals surface area contributed by atoms with Gasteiger partial charge >= 0.3 is 6.18 Å². The summed E-state index contributed by atoms with van der Waals surface area (Å²) in [4.78, 5) is 11.0. The van der Waals surface area contributed by atoms with Crippen LogP contribution >= 0.6 is 0 Å². The van der Waals surface area contributed by atoms with Gasteiger partial charge in [-0.1, -0.05) is 45.0 Å². The van der Waals surface area contributed by atoms with E-state index in [0.717, 1.165) is 12.5 Å². The van der Waals surface area contributed by atoms with Gasteiger partial charge in [0, 0.05) is 6.42 Å². The highest BCUT2D eigenvalue weighted by Gasteiger charge is 2.55. The number of halogens is 3. The van der Waals surface area contributed by atoms with Gasteiger partial charge in [-0.15, -0.1) is 0 Å². The standard InChI is InChI=1S/C15H19F3O2/c1-10(19)9-14(20,15(16,17)18)12-7-5-11(6-8-12)13(2,3)4/h5-8,20H,9H2,1-4H3. The third-order valence-electron chi connectivity index (χ3n) is 3.20. The van der Waals surface area contributed by atoms with Crippen LogP contribution in [0.25, 0.3) is 0 Å². The summed E-state index contributed by atoms with van der Waals surface area (Å²) in [6, 6.07) is 5.56. The number of rotatable bonds is 3. The number of alkyl halides is 3. The van der Waals surface area contributed by atoms with Crippen LogP contribution in [0, 0.1) is 0 Å². The molecule has 1 N–H and O–H groups in total. The van der Waals surface area contributed by atoms with E-state index in [1.807, 2.05) is 20.8 Å². The Hall–Kier alpha value is -1.36. The first-order chi connectivity index (χ1) is 8.88. The average Bonchev–Trinajstić information content (AvgIpc) is 2.25. The van der Waals surface area contributed by atoms with E-state index < -0.39 is 24.0 Å². The van der Waals surface area contributed by atoms with Crippen LogP contribution in [-0.4, -0.2) is 17.1 Å². The second-order valence-electron chi connectivity index (χ2n) is 6.06. The van der Waals surface area contributed by atoms with Gasteiger partial charge in [0.25, 0.3) is 0 Å². The molecule has 1 unspecified atom stereocenters. The number of carbonyl (C=O) groups is 1. The SMILES string of the molecule is CC(=O)CC(O)(c1ccc(C(C)(C)C)cc1)C(F)(F)F. The fraction of sp³-hybridized carbons (Fsp3) is 0.533. The molecule has 20 heavy (non-hydrogen) atoms. The van der Waals surface area contributed by atoms with Gasteiger partial charge in [-0.05, 0) is 23.5 Å². The monoisotopic (exact) mass is 288 g/mol. The molecule has 0 amide bonds. The fourth-order valence-corrected chi connectivity index (χ4v) is 1.97. The van der Waals surface area contributed by atoms with Gasteiger partial charge in [-0.25, -0.2) is 0 Å². The van der Waals surface area contributed by atoms with Gasteiger partial charge in [0.2, 0.25) is 0 Å². The summed E-state index contributed by atoms with van der Waals surface area (Å²) >= 11 is 0. The first kappa shape index (κ1) is 16.7. The van der Waals surface area contributed by atoms with Crippen molar-refractivity contribution in [2.24, 2.45) is 0 Å². The number of aliphatic hydroxyl groups is 1. The van der Waals surface area contributed by atoms with Crippen molar-refractivity contribution < 1.29 is 23.1 Å². The first-order valence-corrected chi connectivity index (χ1v) is 6.27. The van der Waals surface area contributed by atoms with E-state index in [0.29, 0.717) is 0 Å². The van der Waals surface area contributed by atoms with Gasteiger partial charge in [0.05, 0.1) is 0 Å². The molecule has 0 saturated carbocycles. The maximum Gasteiger partial charge on any atom is 0.421 e. The number of carbonyl (C=O) groups excluding carboxylic acids is 1. The molecular formula is C15H19F3O2. The first-order valence-electron chi connectivity index (χ1n) is 6.27. The molecule has 0 aliphatic rings. The van der Waals surface area contributed by atoms with Crippen LogP contribution in [0.15, 0.2) is 24.3 Å². The molecule has 0 aromatic heterocycles. The maximum absolute atomic E-state index is 13.1. The number of hydrogen-bond donors (Lipinski definition) is 1. The molecule has 5 heteroatoms. The Morgan fingerprint density at radius 3 is 1.75 bits per heavy atom. The quantitative estimate of drug-likeness (QED) is 0.920. The zero-order valence-electron chi connectivity index (χ0n) is 12.0. The van der Waals surface area contributed by atoms with Gasteiger partial charge < -0.3 is 5.11 Å². The molecule has 0 saturated heterocycles. The highest BCUT2D eigenvalue weighted by molar-refractivity contribution is 5.77. The summed E-state index contributed by atoms with van der Waals surface area (Å²) in [5, 5.41) is 9.94. The Balaban J connectivity index is 3.26. The van der Waals surface area contributed by atoms with E-state index in [2.05, 4.69) is 0 Å². The molecule has 0 aliphatic heterocycles. The second-order valence-corrected chi connectivity index (χ2v) is 6.06. The van der Waals surface area contributed by atoms with Crippen molar-refractivity contribution in [3.05, 3.63) is 35.4 Å². The Kier molecular flexibility index (Phi) is 4.34. The van der Waals surface area contributed by atoms with E-state index in [1.54, 1.807) is 12.1 Å². The van der Waals surface area contributed by atoms with Crippen LogP contribution < -0.4 is 0 Å². The molecule has 0 bridgehead atoms. The van der Waals surface area contributed by atoms with Crippen molar-refractivity contribution in [2.45, 2.75) is 51.3 Å². The molecule has 0 fully saturated rings. The van der Waals surface area contributed by atoms with Crippen molar-refractivity contribution in [3.63, 3.8) is 0 Å². The summed E-state index contributed by atoms with van der Waals surface area (Å²) in [6.45, 7) is 6.84. The Morgan fingerprint density at radius 2 is 1.45 bits per heavy atom. The van der Waals surface area contributed by atoms with E-state index in [4.69, 9.17) is 0 Å². The van der Waals surface area contributed by atoms with Crippen molar-refractivity contribution in [1.82, 2.24) is 0 Å².